The van der Waals surface area contributed by atoms with Crippen molar-refractivity contribution >= 4 is 21.8 Å². The Morgan fingerprint density at radius 2 is 2.19 bits per heavy atom. The summed E-state index contributed by atoms with van der Waals surface area (Å²) in [6.45, 7) is -1.27. The summed E-state index contributed by atoms with van der Waals surface area (Å²) in [6, 6.07) is 2.73. The summed E-state index contributed by atoms with van der Waals surface area (Å²) in [5.74, 6) is -0.694. The summed E-state index contributed by atoms with van der Waals surface area (Å²) in [7, 11) is 1.10. The fraction of sp³-hybridized carbons (Fsp3) is 0.333. The Balaban J connectivity index is 2.78. The van der Waals surface area contributed by atoms with Crippen LogP contribution in [0.5, 0.6) is 0 Å². The van der Waals surface area contributed by atoms with Crippen molar-refractivity contribution in [1.29, 1.82) is 0 Å². The first-order chi connectivity index (χ1) is 7.29. The number of rotatable bonds is 2. The lowest BCUT2D eigenvalue weighted by Gasteiger charge is -2.18. The number of carbonyl (C=O) groups excluding carboxylic acids is 1. The predicted octanol–water partition coefficient (Wildman–Crippen LogP) is 2.48. The Morgan fingerprint density at radius 1 is 1.56 bits per heavy atom. The highest BCUT2D eigenvalue weighted by molar-refractivity contribution is 9.10. The average molecular weight is 297 g/mol. The zero-order valence-corrected chi connectivity index (χ0v) is 9.84. The van der Waals surface area contributed by atoms with Gasteiger partial charge in [-0.25, -0.2) is 4.98 Å². The normalized spacial score (nSPS) is 11.3. The molecule has 0 radical (unpaired) electrons. The molecular weight excluding hydrogens is 289 g/mol. The minimum atomic E-state index is -4.39. The Hall–Kier alpha value is -1.11. The third-order valence-corrected chi connectivity index (χ3v) is 2.17. The van der Waals surface area contributed by atoms with E-state index in [1.54, 1.807) is 0 Å². The molecule has 0 aliphatic rings. The van der Waals surface area contributed by atoms with Crippen LogP contribution in [0.25, 0.3) is 0 Å². The number of aromatic nitrogens is 1. The molecular formula is C9H8BrF3N2O. The van der Waals surface area contributed by atoms with Crippen molar-refractivity contribution in [2.24, 2.45) is 0 Å². The van der Waals surface area contributed by atoms with E-state index >= 15 is 0 Å². The Bertz CT molecular complexity index is 395. The van der Waals surface area contributed by atoms with E-state index in [2.05, 4.69) is 20.9 Å². The molecule has 0 saturated heterocycles. The molecule has 0 aliphatic heterocycles. The molecule has 3 nitrogen and oxygen atoms in total. The van der Waals surface area contributed by atoms with Crippen molar-refractivity contribution in [3.8, 4) is 0 Å². The molecule has 0 atom stereocenters. The fourth-order valence-electron chi connectivity index (χ4n) is 1.10. The minimum absolute atomic E-state index is 0.161. The number of carbonyl (C=O) groups is 1. The quantitative estimate of drug-likeness (QED) is 0.786. The summed E-state index contributed by atoms with van der Waals surface area (Å²) in [5.41, 5.74) is 0.161. The smallest absolute Gasteiger partial charge is 0.333 e. The summed E-state index contributed by atoms with van der Waals surface area (Å²) in [4.78, 5) is 15.9. The van der Waals surface area contributed by atoms with Gasteiger partial charge >= 0.3 is 6.18 Å². The van der Waals surface area contributed by atoms with E-state index in [1.165, 1.54) is 18.3 Å². The van der Waals surface area contributed by atoms with Crippen LogP contribution in [0.1, 0.15) is 10.4 Å². The summed E-state index contributed by atoms with van der Waals surface area (Å²) < 4.78 is 36.5. The number of amides is 1. The van der Waals surface area contributed by atoms with Gasteiger partial charge in [0.15, 0.2) is 0 Å². The highest BCUT2D eigenvalue weighted by atomic mass is 79.9. The molecule has 0 unspecified atom stereocenters. The third-order valence-electron chi connectivity index (χ3n) is 1.74. The van der Waals surface area contributed by atoms with Crippen LogP contribution in [0.4, 0.5) is 13.2 Å². The molecule has 1 amide bonds. The zero-order chi connectivity index (χ0) is 12.3. The Kier molecular flexibility index (Phi) is 3.90. The maximum atomic E-state index is 12.0. The molecule has 0 bridgehead atoms. The van der Waals surface area contributed by atoms with Crippen molar-refractivity contribution in [1.82, 2.24) is 9.88 Å². The molecule has 1 aromatic heterocycles. The number of halogens is 4. The van der Waals surface area contributed by atoms with Gasteiger partial charge in [0.2, 0.25) is 0 Å². The second kappa shape index (κ2) is 4.82. The molecule has 0 saturated carbocycles. The van der Waals surface area contributed by atoms with Gasteiger partial charge in [-0.05, 0) is 28.1 Å². The van der Waals surface area contributed by atoms with E-state index in [0.717, 1.165) is 7.05 Å². The van der Waals surface area contributed by atoms with Crippen LogP contribution in [0, 0.1) is 0 Å². The van der Waals surface area contributed by atoms with Crippen molar-refractivity contribution in [3.63, 3.8) is 0 Å². The molecule has 1 heterocycles. The topological polar surface area (TPSA) is 33.2 Å². The van der Waals surface area contributed by atoms with Gasteiger partial charge < -0.3 is 4.90 Å². The lowest BCUT2D eigenvalue weighted by atomic mass is 10.2. The van der Waals surface area contributed by atoms with E-state index in [0.29, 0.717) is 9.50 Å². The SMILES string of the molecule is CN(CC(F)(F)F)C(=O)c1ccnc(Br)c1. The molecule has 88 valence electrons. The molecule has 1 aromatic rings. The molecule has 0 aromatic carbocycles. The highest BCUT2D eigenvalue weighted by Crippen LogP contribution is 2.17. The van der Waals surface area contributed by atoms with Gasteiger partial charge in [-0.2, -0.15) is 13.2 Å². The lowest BCUT2D eigenvalue weighted by molar-refractivity contribution is -0.138. The van der Waals surface area contributed by atoms with Gasteiger partial charge in [0, 0.05) is 18.8 Å². The van der Waals surface area contributed by atoms with Crippen LogP contribution in [0.3, 0.4) is 0 Å². The molecule has 0 fully saturated rings. The van der Waals surface area contributed by atoms with Gasteiger partial charge in [0.25, 0.3) is 5.91 Å². The second-order valence-electron chi connectivity index (χ2n) is 3.14. The van der Waals surface area contributed by atoms with E-state index in [4.69, 9.17) is 0 Å². The van der Waals surface area contributed by atoms with Crippen molar-refractivity contribution in [2.45, 2.75) is 6.18 Å². The van der Waals surface area contributed by atoms with E-state index in [-0.39, 0.29) is 5.56 Å². The summed E-state index contributed by atoms with van der Waals surface area (Å²) in [6.07, 6.45) is -3.05. The maximum absolute atomic E-state index is 12.0. The van der Waals surface area contributed by atoms with Crippen LogP contribution >= 0.6 is 15.9 Å². The number of hydrogen-bond acceptors (Lipinski definition) is 2. The van der Waals surface area contributed by atoms with Gasteiger partial charge in [-0.1, -0.05) is 0 Å². The van der Waals surface area contributed by atoms with Crippen LogP contribution in [-0.4, -0.2) is 35.6 Å². The molecule has 1 rings (SSSR count). The van der Waals surface area contributed by atoms with E-state index < -0.39 is 18.6 Å². The third kappa shape index (κ3) is 3.80. The lowest BCUT2D eigenvalue weighted by Crippen LogP contribution is -2.35. The first kappa shape index (κ1) is 13.0. The predicted molar refractivity (Wildman–Crippen MR) is 55.0 cm³/mol. The summed E-state index contributed by atoms with van der Waals surface area (Å²) >= 11 is 3.04. The van der Waals surface area contributed by atoms with Crippen LogP contribution in [-0.2, 0) is 0 Å². The Morgan fingerprint density at radius 3 is 2.69 bits per heavy atom. The standard InChI is InChI=1S/C9H8BrF3N2O/c1-15(5-9(11,12)13)8(16)6-2-3-14-7(10)4-6/h2-4H,5H2,1H3. The summed E-state index contributed by atoms with van der Waals surface area (Å²) in [5, 5.41) is 0. The molecule has 16 heavy (non-hydrogen) atoms. The first-order valence-electron chi connectivity index (χ1n) is 4.23. The fourth-order valence-corrected chi connectivity index (χ4v) is 1.46. The number of pyridine rings is 1. The van der Waals surface area contributed by atoms with E-state index in [1.807, 2.05) is 0 Å². The number of alkyl halides is 3. The van der Waals surface area contributed by atoms with Crippen molar-refractivity contribution in [3.05, 3.63) is 28.5 Å². The molecule has 0 spiro atoms. The maximum Gasteiger partial charge on any atom is 0.406 e. The first-order valence-corrected chi connectivity index (χ1v) is 5.02. The van der Waals surface area contributed by atoms with Gasteiger partial charge in [-0.3, -0.25) is 4.79 Å². The van der Waals surface area contributed by atoms with Crippen LogP contribution < -0.4 is 0 Å². The highest BCUT2D eigenvalue weighted by Gasteiger charge is 2.31. The van der Waals surface area contributed by atoms with E-state index in [9.17, 15) is 18.0 Å². The van der Waals surface area contributed by atoms with Gasteiger partial charge in [-0.15, -0.1) is 0 Å². The zero-order valence-electron chi connectivity index (χ0n) is 8.25. The Labute approximate surface area is 98.4 Å². The number of nitrogens with zero attached hydrogens (tertiary/aromatic N) is 2. The van der Waals surface area contributed by atoms with Crippen LogP contribution in [0.2, 0.25) is 0 Å². The minimum Gasteiger partial charge on any atom is -0.333 e. The van der Waals surface area contributed by atoms with Crippen LogP contribution in [0.15, 0.2) is 22.9 Å². The second-order valence-corrected chi connectivity index (χ2v) is 3.96. The number of hydrogen-bond donors (Lipinski definition) is 0. The average Bonchev–Trinajstić information content (AvgIpc) is 2.14. The molecule has 0 aliphatic carbocycles. The molecule has 7 heteroatoms. The largest absolute Gasteiger partial charge is 0.406 e. The monoisotopic (exact) mass is 296 g/mol. The van der Waals surface area contributed by atoms with Gasteiger partial charge in [0.1, 0.15) is 11.1 Å². The van der Waals surface area contributed by atoms with Crippen molar-refractivity contribution in [2.75, 3.05) is 13.6 Å². The molecule has 0 N–H and O–H groups in total. The van der Waals surface area contributed by atoms with Crippen molar-refractivity contribution < 1.29 is 18.0 Å². The van der Waals surface area contributed by atoms with Gasteiger partial charge in [0.05, 0.1) is 0 Å².